The lowest BCUT2D eigenvalue weighted by atomic mass is 10.2. The van der Waals surface area contributed by atoms with E-state index in [9.17, 15) is 4.55 Å². The smallest absolute Gasteiger partial charge is 0.116 e. The van der Waals surface area contributed by atoms with Gasteiger partial charge in [0.1, 0.15) is 6.33 Å². The fraction of sp³-hybridized carbons (Fsp3) is 0.200. The summed E-state index contributed by atoms with van der Waals surface area (Å²) in [7, 11) is 0. The van der Waals surface area contributed by atoms with Crippen LogP contribution in [0.3, 0.4) is 0 Å². The molecule has 0 aliphatic carbocycles. The molecule has 74 valence electrons. The maximum atomic E-state index is 9.56. The molecule has 0 unspecified atom stereocenters. The van der Waals surface area contributed by atoms with Crippen LogP contribution in [0.4, 0.5) is 0 Å². The van der Waals surface area contributed by atoms with Gasteiger partial charge in [-0.25, -0.2) is 9.97 Å². The van der Waals surface area contributed by atoms with Crippen molar-refractivity contribution in [1.82, 2.24) is 9.97 Å². The van der Waals surface area contributed by atoms with Crippen molar-refractivity contribution in [2.45, 2.75) is 0 Å². The van der Waals surface area contributed by atoms with Gasteiger partial charge >= 0.3 is 0 Å². The number of nitrogens with zero attached hydrogens (tertiary/aromatic N) is 2. The van der Waals surface area contributed by atoms with Crippen LogP contribution in [0.15, 0.2) is 36.8 Å². The Morgan fingerprint density at radius 2 is 1.86 bits per heavy atom. The van der Waals surface area contributed by atoms with Crippen molar-refractivity contribution in [2.24, 2.45) is 0 Å². The molecule has 1 heterocycles. The van der Waals surface area contributed by atoms with Gasteiger partial charge in [0, 0.05) is 11.6 Å². The molecule has 3 nitrogen and oxygen atoms in total. The number of para-hydroxylation sites is 1. The van der Waals surface area contributed by atoms with Gasteiger partial charge in [0.05, 0.1) is 18.0 Å². The lowest BCUT2D eigenvalue weighted by molar-refractivity contribution is 0.606. The molecule has 4 heteroatoms. The molecule has 0 fully saturated rings. The van der Waals surface area contributed by atoms with E-state index in [1.165, 1.54) is 0 Å². The zero-order chi connectivity index (χ0) is 10.4. The highest BCUT2D eigenvalue weighted by atomic mass is 32.2. The third-order valence-corrected chi connectivity index (χ3v) is 1.41. The highest BCUT2D eigenvalue weighted by molar-refractivity contribution is 7.89. The van der Waals surface area contributed by atoms with Crippen LogP contribution in [-0.2, 0) is 11.2 Å². The van der Waals surface area contributed by atoms with Crippen LogP contribution in [-0.4, -0.2) is 27.0 Å². The van der Waals surface area contributed by atoms with Gasteiger partial charge in [-0.15, -0.1) is 0 Å². The average Bonchev–Trinajstić information content (AvgIpc) is 2.17. The third kappa shape index (κ3) is 3.72. The molecule has 0 saturated carbocycles. The zero-order valence-electron chi connectivity index (χ0n) is 8.18. The first-order chi connectivity index (χ1) is 6.70. The Morgan fingerprint density at radius 3 is 2.50 bits per heavy atom. The Labute approximate surface area is 86.4 Å². The molecule has 0 radical (unpaired) electrons. The molecule has 0 N–H and O–H groups in total. The fourth-order valence-corrected chi connectivity index (χ4v) is 0.923. The minimum Gasteiger partial charge on any atom is -0.617 e. The molecular weight excluding hydrogens is 196 g/mol. The van der Waals surface area contributed by atoms with Gasteiger partial charge in [0.2, 0.25) is 0 Å². The van der Waals surface area contributed by atoms with Crippen LogP contribution >= 0.6 is 0 Å². The van der Waals surface area contributed by atoms with Crippen LogP contribution in [0, 0.1) is 0 Å². The molecule has 1 aromatic carbocycles. The Hall–Kier alpha value is -1.13. The minimum absolute atomic E-state index is 0.611. The number of aromatic nitrogens is 2. The summed E-state index contributed by atoms with van der Waals surface area (Å²) in [5, 5.41) is 1.09. The summed E-state index contributed by atoms with van der Waals surface area (Å²) >= 11 is -0.611. The molecule has 0 bridgehead atoms. The van der Waals surface area contributed by atoms with Crippen LogP contribution in [0.1, 0.15) is 0 Å². The summed E-state index contributed by atoms with van der Waals surface area (Å²) in [6.45, 7) is 0. The summed E-state index contributed by atoms with van der Waals surface area (Å²) in [5.41, 5.74) is 0.998. The van der Waals surface area contributed by atoms with E-state index < -0.39 is 11.2 Å². The first kappa shape index (κ1) is 10.9. The molecule has 2 aromatic rings. The van der Waals surface area contributed by atoms with Crippen molar-refractivity contribution >= 4 is 22.1 Å². The molecule has 0 aliphatic rings. The number of rotatable bonds is 0. The number of hydrogen-bond donors (Lipinski definition) is 0. The lowest BCUT2D eigenvalue weighted by Gasteiger charge is -1.90. The Bertz CT molecular complexity index is 324. The van der Waals surface area contributed by atoms with Gasteiger partial charge in [-0.3, -0.25) is 0 Å². The van der Waals surface area contributed by atoms with Crippen molar-refractivity contribution < 1.29 is 4.55 Å². The first-order valence-electron chi connectivity index (χ1n) is 4.10. The first-order valence-corrected chi connectivity index (χ1v) is 6.06. The summed E-state index contributed by atoms with van der Waals surface area (Å²) in [4.78, 5) is 7.97. The van der Waals surface area contributed by atoms with Crippen LogP contribution < -0.4 is 0 Å². The summed E-state index contributed by atoms with van der Waals surface area (Å²) in [6.07, 6.45) is 6.64. The zero-order valence-corrected chi connectivity index (χ0v) is 8.99. The number of hydrogen-bond acceptors (Lipinski definition) is 3. The molecular formula is C10H12N2OS. The van der Waals surface area contributed by atoms with Crippen molar-refractivity contribution in [2.75, 3.05) is 12.5 Å². The Balaban J connectivity index is 0.000000213. The molecule has 0 saturated heterocycles. The van der Waals surface area contributed by atoms with Crippen molar-refractivity contribution in [3.8, 4) is 0 Å². The van der Waals surface area contributed by atoms with Gasteiger partial charge < -0.3 is 4.55 Å². The predicted molar refractivity (Wildman–Crippen MR) is 59.5 cm³/mol. The highest BCUT2D eigenvalue weighted by Crippen LogP contribution is 2.06. The summed E-state index contributed by atoms with van der Waals surface area (Å²) in [6, 6.07) is 7.91. The Morgan fingerprint density at radius 1 is 1.21 bits per heavy atom. The van der Waals surface area contributed by atoms with Gasteiger partial charge in [-0.1, -0.05) is 29.4 Å². The quantitative estimate of drug-likeness (QED) is 0.618. The molecule has 0 aliphatic heterocycles. The number of fused-ring (bicyclic) bond motifs is 1. The lowest BCUT2D eigenvalue weighted by Crippen LogP contribution is -1.86. The van der Waals surface area contributed by atoms with E-state index in [1.54, 1.807) is 18.8 Å². The molecule has 1 aromatic heterocycles. The van der Waals surface area contributed by atoms with Crippen LogP contribution in [0.5, 0.6) is 0 Å². The van der Waals surface area contributed by atoms with Gasteiger partial charge in [0.15, 0.2) is 0 Å². The van der Waals surface area contributed by atoms with Crippen LogP contribution in [0.2, 0.25) is 0 Å². The predicted octanol–water partition coefficient (Wildman–Crippen LogP) is 1.62. The number of benzene rings is 1. The van der Waals surface area contributed by atoms with E-state index in [0.29, 0.717) is 0 Å². The standard InChI is InChI=1S/C8H6N2.C2H6OS/c1-2-4-8-7(3-1)5-9-6-10-8;1-4(2)3/h1-6H;1-2H3. The van der Waals surface area contributed by atoms with E-state index in [4.69, 9.17) is 0 Å². The van der Waals surface area contributed by atoms with E-state index in [1.807, 2.05) is 30.5 Å². The van der Waals surface area contributed by atoms with Gasteiger partial charge in [0.25, 0.3) is 0 Å². The van der Waals surface area contributed by atoms with E-state index in [-0.39, 0.29) is 0 Å². The van der Waals surface area contributed by atoms with E-state index >= 15 is 0 Å². The molecule has 0 spiro atoms. The average molecular weight is 208 g/mol. The van der Waals surface area contributed by atoms with E-state index in [0.717, 1.165) is 10.9 Å². The fourth-order valence-electron chi connectivity index (χ4n) is 0.923. The van der Waals surface area contributed by atoms with Crippen molar-refractivity contribution in [3.63, 3.8) is 0 Å². The van der Waals surface area contributed by atoms with Crippen molar-refractivity contribution in [3.05, 3.63) is 36.8 Å². The monoisotopic (exact) mass is 208 g/mol. The minimum atomic E-state index is -0.611. The summed E-state index contributed by atoms with van der Waals surface area (Å²) in [5.74, 6) is 0. The van der Waals surface area contributed by atoms with Gasteiger partial charge in [-0.05, 0) is 6.07 Å². The van der Waals surface area contributed by atoms with Crippen LogP contribution in [0.25, 0.3) is 10.9 Å². The maximum absolute atomic E-state index is 9.56. The molecule has 14 heavy (non-hydrogen) atoms. The van der Waals surface area contributed by atoms with E-state index in [2.05, 4.69) is 9.97 Å². The maximum Gasteiger partial charge on any atom is 0.116 e. The second-order valence-corrected chi connectivity index (χ2v) is 4.31. The normalized spacial score (nSPS) is 9.71. The second-order valence-electron chi connectivity index (χ2n) is 2.82. The highest BCUT2D eigenvalue weighted by Gasteiger charge is 1.87. The molecule has 2 rings (SSSR count). The second kappa shape index (κ2) is 5.57. The Kier molecular flexibility index (Phi) is 4.35. The molecule has 0 amide bonds. The molecule has 0 atom stereocenters. The summed E-state index contributed by atoms with van der Waals surface area (Å²) < 4.78 is 9.56. The van der Waals surface area contributed by atoms with Crippen molar-refractivity contribution in [1.29, 1.82) is 0 Å². The largest absolute Gasteiger partial charge is 0.617 e. The SMILES string of the molecule is C[S+](C)[O-].c1ccc2ncncc2c1. The third-order valence-electron chi connectivity index (χ3n) is 1.41. The topological polar surface area (TPSA) is 48.8 Å². The van der Waals surface area contributed by atoms with Gasteiger partial charge in [-0.2, -0.15) is 0 Å².